The molecule has 0 aromatic carbocycles. The summed E-state index contributed by atoms with van der Waals surface area (Å²) >= 11 is 0. The summed E-state index contributed by atoms with van der Waals surface area (Å²) in [6.45, 7) is 3.76. The van der Waals surface area contributed by atoms with Crippen LogP contribution >= 0.6 is 0 Å². The van der Waals surface area contributed by atoms with Gasteiger partial charge in [0.1, 0.15) is 5.82 Å². The van der Waals surface area contributed by atoms with Crippen LogP contribution in [-0.4, -0.2) is 9.97 Å². The lowest BCUT2D eigenvalue weighted by Gasteiger charge is -2.02. The summed E-state index contributed by atoms with van der Waals surface area (Å²) in [5.41, 5.74) is 6.49. The quantitative estimate of drug-likeness (QED) is 0.623. The standard InChI is InChI=1S/C7H11N3/c1-5(8)7-3-4-9-6(2)10-7/h3-5H,8H2,1-2H3/t5-/m1/s1. The van der Waals surface area contributed by atoms with E-state index in [1.165, 1.54) is 0 Å². The van der Waals surface area contributed by atoms with Crippen LogP contribution < -0.4 is 5.73 Å². The van der Waals surface area contributed by atoms with Crippen molar-refractivity contribution < 1.29 is 0 Å². The predicted octanol–water partition coefficient (Wildman–Crippen LogP) is 0.805. The summed E-state index contributed by atoms with van der Waals surface area (Å²) in [5, 5.41) is 0. The fraction of sp³-hybridized carbons (Fsp3) is 0.429. The maximum absolute atomic E-state index is 5.59. The highest BCUT2D eigenvalue weighted by molar-refractivity contribution is 5.04. The number of aryl methyl sites for hydroxylation is 1. The van der Waals surface area contributed by atoms with Crippen LogP contribution in [0.3, 0.4) is 0 Å². The van der Waals surface area contributed by atoms with Gasteiger partial charge < -0.3 is 5.73 Å². The number of nitrogens with zero attached hydrogens (tertiary/aromatic N) is 2. The number of hydrogen-bond donors (Lipinski definition) is 1. The topological polar surface area (TPSA) is 51.8 Å². The summed E-state index contributed by atoms with van der Waals surface area (Å²) in [6, 6.07) is 1.83. The van der Waals surface area contributed by atoms with Crippen LogP contribution in [0.15, 0.2) is 12.3 Å². The Bertz CT molecular complexity index is 220. The molecule has 0 amide bonds. The summed E-state index contributed by atoms with van der Waals surface area (Å²) in [5.74, 6) is 0.773. The molecule has 0 saturated carbocycles. The first-order chi connectivity index (χ1) is 4.70. The van der Waals surface area contributed by atoms with Crippen molar-refractivity contribution in [3.05, 3.63) is 23.8 Å². The van der Waals surface area contributed by atoms with E-state index in [1.54, 1.807) is 6.20 Å². The van der Waals surface area contributed by atoms with Gasteiger partial charge in [-0.25, -0.2) is 9.97 Å². The van der Waals surface area contributed by atoms with Crippen molar-refractivity contribution in [2.75, 3.05) is 0 Å². The van der Waals surface area contributed by atoms with Crippen LogP contribution in [0.1, 0.15) is 24.5 Å². The van der Waals surface area contributed by atoms with Crippen molar-refractivity contribution in [3.63, 3.8) is 0 Å². The molecule has 54 valence electrons. The van der Waals surface area contributed by atoms with Crippen molar-refractivity contribution in [2.24, 2.45) is 5.73 Å². The smallest absolute Gasteiger partial charge is 0.125 e. The van der Waals surface area contributed by atoms with Gasteiger partial charge in [-0.05, 0) is 19.9 Å². The average Bonchev–Trinajstić information content (AvgIpc) is 1.88. The fourth-order valence-corrected chi connectivity index (χ4v) is 0.728. The lowest BCUT2D eigenvalue weighted by molar-refractivity contribution is 0.765. The molecule has 0 unspecified atom stereocenters. The van der Waals surface area contributed by atoms with E-state index >= 15 is 0 Å². The predicted molar refractivity (Wildman–Crippen MR) is 39.4 cm³/mol. The third-order valence-electron chi connectivity index (χ3n) is 1.26. The molecule has 3 heteroatoms. The second kappa shape index (κ2) is 2.75. The van der Waals surface area contributed by atoms with E-state index in [0.29, 0.717) is 0 Å². The van der Waals surface area contributed by atoms with Gasteiger partial charge in [-0.15, -0.1) is 0 Å². The van der Waals surface area contributed by atoms with Crippen LogP contribution in [0.5, 0.6) is 0 Å². The Balaban J connectivity index is 2.96. The third-order valence-corrected chi connectivity index (χ3v) is 1.26. The molecule has 1 heterocycles. The Morgan fingerprint density at radius 1 is 1.60 bits per heavy atom. The SMILES string of the molecule is Cc1nccc([C@@H](C)N)n1. The van der Waals surface area contributed by atoms with Crippen molar-refractivity contribution in [2.45, 2.75) is 19.9 Å². The summed E-state index contributed by atoms with van der Waals surface area (Å²) in [7, 11) is 0. The van der Waals surface area contributed by atoms with Crippen molar-refractivity contribution in [1.29, 1.82) is 0 Å². The van der Waals surface area contributed by atoms with Crippen LogP contribution in [-0.2, 0) is 0 Å². The zero-order chi connectivity index (χ0) is 7.56. The molecule has 0 aliphatic carbocycles. The van der Waals surface area contributed by atoms with E-state index in [1.807, 2.05) is 19.9 Å². The Labute approximate surface area is 60.3 Å². The Morgan fingerprint density at radius 2 is 2.30 bits per heavy atom. The first-order valence-electron chi connectivity index (χ1n) is 3.25. The second-order valence-electron chi connectivity index (χ2n) is 2.32. The van der Waals surface area contributed by atoms with Gasteiger partial charge in [0.25, 0.3) is 0 Å². The van der Waals surface area contributed by atoms with Gasteiger partial charge in [0.05, 0.1) is 5.69 Å². The van der Waals surface area contributed by atoms with E-state index in [4.69, 9.17) is 5.73 Å². The molecule has 2 N–H and O–H groups in total. The minimum absolute atomic E-state index is 0.00157. The molecule has 0 bridgehead atoms. The van der Waals surface area contributed by atoms with Gasteiger partial charge >= 0.3 is 0 Å². The molecule has 0 saturated heterocycles. The molecule has 10 heavy (non-hydrogen) atoms. The van der Waals surface area contributed by atoms with Crippen LogP contribution in [0, 0.1) is 6.92 Å². The average molecular weight is 137 g/mol. The monoisotopic (exact) mass is 137 g/mol. The van der Waals surface area contributed by atoms with Gasteiger partial charge in [-0.2, -0.15) is 0 Å². The maximum Gasteiger partial charge on any atom is 0.125 e. The van der Waals surface area contributed by atoms with Crippen molar-refractivity contribution in [3.8, 4) is 0 Å². The lowest BCUT2D eigenvalue weighted by Crippen LogP contribution is -2.08. The zero-order valence-electron chi connectivity index (χ0n) is 6.20. The maximum atomic E-state index is 5.59. The molecule has 0 spiro atoms. The first-order valence-corrected chi connectivity index (χ1v) is 3.25. The van der Waals surface area contributed by atoms with Crippen LogP contribution in [0.25, 0.3) is 0 Å². The molecule has 1 aromatic rings. The zero-order valence-corrected chi connectivity index (χ0v) is 6.20. The fourth-order valence-electron chi connectivity index (χ4n) is 0.728. The van der Waals surface area contributed by atoms with Crippen LogP contribution in [0.2, 0.25) is 0 Å². The summed E-state index contributed by atoms with van der Waals surface area (Å²) < 4.78 is 0. The van der Waals surface area contributed by atoms with Crippen LogP contribution in [0.4, 0.5) is 0 Å². The molecule has 0 radical (unpaired) electrons. The molecular formula is C7H11N3. The van der Waals surface area contributed by atoms with Crippen molar-refractivity contribution in [1.82, 2.24) is 9.97 Å². The Kier molecular flexibility index (Phi) is 1.97. The number of aromatic nitrogens is 2. The molecule has 1 atom stereocenters. The van der Waals surface area contributed by atoms with Gasteiger partial charge in [-0.3, -0.25) is 0 Å². The minimum Gasteiger partial charge on any atom is -0.323 e. The Hall–Kier alpha value is -0.960. The summed E-state index contributed by atoms with van der Waals surface area (Å²) in [6.07, 6.45) is 1.72. The van der Waals surface area contributed by atoms with Gasteiger partial charge in [0, 0.05) is 12.2 Å². The molecule has 1 aromatic heterocycles. The van der Waals surface area contributed by atoms with E-state index in [9.17, 15) is 0 Å². The van der Waals surface area contributed by atoms with Gasteiger partial charge in [0.2, 0.25) is 0 Å². The molecule has 0 aliphatic rings. The second-order valence-corrected chi connectivity index (χ2v) is 2.32. The highest BCUT2D eigenvalue weighted by Crippen LogP contribution is 2.03. The minimum atomic E-state index is 0.00157. The van der Waals surface area contributed by atoms with E-state index in [-0.39, 0.29) is 6.04 Å². The summed E-state index contributed by atoms with van der Waals surface area (Å²) in [4.78, 5) is 8.09. The molecule has 1 rings (SSSR count). The third kappa shape index (κ3) is 1.51. The lowest BCUT2D eigenvalue weighted by atomic mass is 10.2. The highest BCUT2D eigenvalue weighted by atomic mass is 14.9. The van der Waals surface area contributed by atoms with E-state index in [0.717, 1.165) is 11.5 Å². The van der Waals surface area contributed by atoms with E-state index in [2.05, 4.69) is 9.97 Å². The van der Waals surface area contributed by atoms with Crippen molar-refractivity contribution >= 4 is 0 Å². The molecule has 3 nitrogen and oxygen atoms in total. The van der Waals surface area contributed by atoms with Gasteiger partial charge in [0.15, 0.2) is 0 Å². The van der Waals surface area contributed by atoms with Gasteiger partial charge in [-0.1, -0.05) is 0 Å². The molecule has 0 aliphatic heterocycles. The van der Waals surface area contributed by atoms with E-state index < -0.39 is 0 Å². The number of rotatable bonds is 1. The molecule has 0 fully saturated rings. The largest absolute Gasteiger partial charge is 0.323 e. The Morgan fingerprint density at radius 3 is 2.70 bits per heavy atom. The normalized spacial score (nSPS) is 13.1. The number of nitrogens with two attached hydrogens (primary N) is 1. The number of hydrogen-bond acceptors (Lipinski definition) is 3. The first kappa shape index (κ1) is 7.15. The highest BCUT2D eigenvalue weighted by Gasteiger charge is 1.99. The molecular weight excluding hydrogens is 126 g/mol.